The van der Waals surface area contributed by atoms with Crippen LogP contribution in [0.3, 0.4) is 0 Å². The SMILES string of the molecule is COC(=O)c1ccc(CCN2C(=O)SCCN2CCC(C)Cc2cc(C)cc(Br)c2)s1. The Morgan fingerprint density at radius 1 is 1.26 bits per heavy atom. The van der Waals surface area contributed by atoms with Crippen LogP contribution in [0.5, 0.6) is 0 Å². The van der Waals surface area contributed by atoms with Crippen LogP contribution >= 0.6 is 39.0 Å². The number of ether oxygens (including phenoxy) is 1. The number of thioether (sulfide) groups is 1. The van der Waals surface area contributed by atoms with E-state index in [1.807, 2.05) is 11.1 Å². The number of halogens is 1. The molecule has 2 heterocycles. The van der Waals surface area contributed by atoms with Gasteiger partial charge in [-0.25, -0.2) is 9.80 Å². The third kappa shape index (κ3) is 7.07. The summed E-state index contributed by atoms with van der Waals surface area (Å²) in [6.07, 6.45) is 2.80. The molecule has 0 radical (unpaired) electrons. The highest BCUT2D eigenvalue weighted by Gasteiger charge is 2.27. The Balaban J connectivity index is 1.54. The number of carbonyl (C=O) groups is 2. The predicted molar refractivity (Wildman–Crippen MR) is 132 cm³/mol. The molecule has 0 spiro atoms. The summed E-state index contributed by atoms with van der Waals surface area (Å²) in [5, 5.41) is 4.21. The number of benzene rings is 1. The molecule has 1 aliphatic rings. The minimum Gasteiger partial charge on any atom is -0.465 e. The molecule has 0 bridgehead atoms. The Labute approximate surface area is 201 Å². The van der Waals surface area contributed by atoms with Gasteiger partial charge in [0.05, 0.1) is 7.11 Å². The normalized spacial score (nSPS) is 15.9. The number of amides is 1. The summed E-state index contributed by atoms with van der Waals surface area (Å²) >= 11 is 6.41. The standard InChI is InChI=1S/C23H29BrN2O3S2/c1-16(12-18-13-17(2)14-19(24)15-18)6-8-25-10-11-30-23(28)26(25)9-7-20-4-5-21(31-20)22(27)29-3/h4-5,13-16H,6-12H2,1-3H3. The molecule has 1 amide bonds. The number of nitrogens with zero attached hydrogens (tertiary/aromatic N) is 2. The van der Waals surface area contributed by atoms with E-state index in [1.54, 1.807) is 6.07 Å². The van der Waals surface area contributed by atoms with E-state index in [2.05, 4.69) is 53.0 Å². The highest BCUT2D eigenvalue weighted by atomic mass is 79.9. The van der Waals surface area contributed by atoms with E-state index < -0.39 is 0 Å². The second-order valence-corrected chi connectivity index (χ2v) is 11.1. The van der Waals surface area contributed by atoms with Gasteiger partial charge in [0.15, 0.2) is 0 Å². The van der Waals surface area contributed by atoms with Gasteiger partial charge in [-0.15, -0.1) is 11.3 Å². The second-order valence-electron chi connectivity index (χ2n) is 7.93. The minimum absolute atomic E-state index is 0.117. The molecule has 0 saturated carbocycles. The lowest BCUT2D eigenvalue weighted by molar-refractivity contribution is 0.0241. The van der Waals surface area contributed by atoms with Crippen molar-refractivity contribution in [1.29, 1.82) is 0 Å². The second kappa shape index (κ2) is 11.5. The molecule has 2 aromatic rings. The van der Waals surface area contributed by atoms with E-state index in [0.29, 0.717) is 17.3 Å². The van der Waals surface area contributed by atoms with Crippen LogP contribution in [0.2, 0.25) is 0 Å². The van der Waals surface area contributed by atoms with Crippen molar-refractivity contribution in [1.82, 2.24) is 10.0 Å². The lowest BCUT2D eigenvalue weighted by Gasteiger charge is -2.38. The van der Waals surface area contributed by atoms with Crippen LogP contribution < -0.4 is 0 Å². The lowest BCUT2D eigenvalue weighted by atomic mass is 9.97. The fourth-order valence-corrected chi connectivity index (χ4v) is 6.16. The molecule has 31 heavy (non-hydrogen) atoms. The molecular formula is C23H29BrN2O3S2. The summed E-state index contributed by atoms with van der Waals surface area (Å²) < 4.78 is 5.91. The maximum absolute atomic E-state index is 12.6. The van der Waals surface area contributed by atoms with Crippen LogP contribution in [-0.2, 0) is 17.6 Å². The number of hydrazine groups is 1. The number of rotatable bonds is 9. The van der Waals surface area contributed by atoms with Crippen molar-refractivity contribution in [3.05, 3.63) is 55.7 Å². The molecule has 1 aromatic heterocycles. The van der Waals surface area contributed by atoms with Gasteiger partial charge in [0.25, 0.3) is 5.24 Å². The first-order chi connectivity index (χ1) is 14.9. The zero-order valence-corrected chi connectivity index (χ0v) is 21.4. The number of aryl methyl sites for hydroxylation is 1. The first kappa shape index (κ1) is 24.3. The van der Waals surface area contributed by atoms with Crippen molar-refractivity contribution < 1.29 is 14.3 Å². The van der Waals surface area contributed by atoms with Crippen LogP contribution in [0.15, 0.2) is 34.8 Å². The fraction of sp³-hybridized carbons (Fsp3) is 0.478. The van der Waals surface area contributed by atoms with E-state index in [9.17, 15) is 9.59 Å². The molecule has 0 aliphatic carbocycles. The molecule has 5 nitrogen and oxygen atoms in total. The molecule has 1 saturated heterocycles. The molecule has 0 N–H and O–H groups in total. The number of methoxy groups -OCH3 is 1. The van der Waals surface area contributed by atoms with Crippen LogP contribution in [0, 0.1) is 12.8 Å². The van der Waals surface area contributed by atoms with E-state index in [-0.39, 0.29) is 11.2 Å². The van der Waals surface area contributed by atoms with Crippen molar-refractivity contribution in [2.24, 2.45) is 5.92 Å². The van der Waals surface area contributed by atoms with E-state index >= 15 is 0 Å². The fourth-order valence-electron chi connectivity index (χ4n) is 3.76. The number of esters is 1. The van der Waals surface area contributed by atoms with E-state index in [0.717, 1.165) is 47.5 Å². The molecule has 1 aromatic carbocycles. The smallest absolute Gasteiger partial charge is 0.348 e. The Hall–Kier alpha value is -1.35. The summed E-state index contributed by atoms with van der Waals surface area (Å²) in [5.41, 5.74) is 2.62. The summed E-state index contributed by atoms with van der Waals surface area (Å²) in [6, 6.07) is 10.3. The number of carbonyl (C=O) groups excluding carboxylic acids is 2. The number of thiophene rings is 1. The summed E-state index contributed by atoms with van der Waals surface area (Å²) in [4.78, 5) is 25.9. The lowest BCUT2D eigenvalue weighted by Crippen LogP contribution is -2.50. The predicted octanol–water partition coefficient (Wildman–Crippen LogP) is 5.80. The monoisotopic (exact) mass is 524 g/mol. The van der Waals surface area contributed by atoms with Crippen molar-refractivity contribution in [2.45, 2.75) is 33.1 Å². The topological polar surface area (TPSA) is 49.9 Å². The van der Waals surface area contributed by atoms with Crippen LogP contribution in [-0.4, -0.2) is 53.7 Å². The molecule has 8 heteroatoms. The Morgan fingerprint density at radius 3 is 2.81 bits per heavy atom. The summed E-state index contributed by atoms with van der Waals surface area (Å²) in [5.74, 6) is 1.05. The third-order valence-electron chi connectivity index (χ3n) is 5.31. The highest BCUT2D eigenvalue weighted by molar-refractivity contribution is 9.10. The average molecular weight is 526 g/mol. The molecule has 3 rings (SSSR count). The zero-order valence-electron chi connectivity index (χ0n) is 18.2. The van der Waals surface area contributed by atoms with Gasteiger partial charge >= 0.3 is 5.97 Å². The maximum Gasteiger partial charge on any atom is 0.348 e. The molecule has 1 aliphatic heterocycles. The summed E-state index contributed by atoms with van der Waals surface area (Å²) in [7, 11) is 1.39. The van der Waals surface area contributed by atoms with Gasteiger partial charge in [0.1, 0.15) is 4.88 Å². The van der Waals surface area contributed by atoms with Gasteiger partial charge < -0.3 is 4.74 Å². The molecule has 168 valence electrons. The third-order valence-corrected chi connectivity index (χ3v) is 7.74. The maximum atomic E-state index is 12.6. The first-order valence-electron chi connectivity index (χ1n) is 10.5. The Morgan fingerprint density at radius 2 is 2.06 bits per heavy atom. The molecule has 1 atom stereocenters. The Bertz CT molecular complexity index is 898. The minimum atomic E-state index is -0.308. The number of hydrogen-bond donors (Lipinski definition) is 0. The van der Waals surface area contributed by atoms with Crippen molar-refractivity contribution >= 4 is 50.2 Å². The average Bonchev–Trinajstić information content (AvgIpc) is 3.19. The van der Waals surface area contributed by atoms with E-state index in [1.165, 1.54) is 41.3 Å². The summed E-state index contributed by atoms with van der Waals surface area (Å²) in [6.45, 7) is 6.79. The largest absolute Gasteiger partial charge is 0.465 e. The van der Waals surface area contributed by atoms with E-state index in [4.69, 9.17) is 4.74 Å². The number of hydrogen-bond acceptors (Lipinski definition) is 6. The first-order valence-corrected chi connectivity index (χ1v) is 13.1. The molecule has 1 unspecified atom stereocenters. The van der Waals surface area contributed by atoms with Gasteiger partial charge in [0, 0.05) is 41.2 Å². The molecular weight excluding hydrogens is 496 g/mol. The van der Waals surface area contributed by atoms with Crippen LogP contribution in [0.1, 0.15) is 39.0 Å². The quantitative estimate of drug-likeness (QED) is 0.387. The van der Waals surface area contributed by atoms with Gasteiger partial charge in [-0.2, -0.15) is 0 Å². The van der Waals surface area contributed by atoms with Gasteiger partial charge in [-0.3, -0.25) is 9.80 Å². The molecule has 1 fully saturated rings. The Kier molecular flexibility index (Phi) is 9.01. The van der Waals surface area contributed by atoms with Crippen LogP contribution in [0.4, 0.5) is 4.79 Å². The van der Waals surface area contributed by atoms with Crippen LogP contribution in [0.25, 0.3) is 0 Å². The highest BCUT2D eigenvalue weighted by Crippen LogP contribution is 2.24. The van der Waals surface area contributed by atoms with Crippen molar-refractivity contribution in [2.75, 3.05) is 32.5 Å². The zero-order chi connectivity index (χ0) is 22.4. The van der Waals surface area contributed by atoms with Gasteiger partial charge in [-0.05, 0) is 61.1 Å². The van der Waals surface area contributed by atoms with Crippen molar-refractivity contribution in [3.63, 3.8) is 0 Å². The van der Waals surface area contributed by atoms with Crippen molar-refractivity contribution in [3.8, 4) is 0 Å². The van der Waals surface area contributed by atoms with Gasteiger partial charge in [0.2, 0.25) is 0 Å². The van der Waals surface area contributed by atoms with Gasteiger partial charge in [-0.1, -0.05) is 40.7 Å².